The Kier molecular flexibility index (Phi) is 48.7. The first-order valence-corrected chi connectivity index (χ1v) is 27.0. The molecule has 0 rings (SSSR count). The molecule has 0 N–H and O–H groups in total. The van der Waals surface area contributed by atoms with Crippen molar-refractivity contribution in [2.24, 2.45) is 0 Å². The maximum absolute atomic E-state index is 12.8. The fourth-order valence-electron chi connectivity index (χ4n) is 8.27. The quantitative estimate of drug-likeness (QED) is 0.0345. The van der Waals surface area contributed by atoms with Crippen LogP contribution < -0.4 is 0 Å². The zero-order chi connectivity index (χ0) is 43.7. The van der Waals surface area contributed by atoms with Gasteiger partial charge in [-0.25, -0.2) is 0 Å². The molecule has 6 nitrogen and oxygen atoms in total. The van der Waals surface area contributed by atoms with Crippen LogP contribution in [0.4, 0.5) is 0 Å². The second-order valence-corrected chi connectivity index (χ2v) is 18.5. The summed E-state index contributed by atoms with van der Waals surface area (Å²) in [7, 11) is 0. The first kappa shape index (κ1) is 58.4. The van der Waals surface area contributed by atoms with E-state index in [0.29, 0.717) is 19.3 Å². The molecule has 1 unspecified atom stereocenters. The van der Waals surface area contributed by atoms with Crippen LogP contribution >= 0.6 is 0 Å². The van der Waals surface area contributed by atoms with Crippen LogP contribution in [0, 0.1) is 0 Å². The SMILES string of the molecule is CCCCCCCCCCCCCCCCCCCC(=O)OCC(COC(=O)CCCCCCCCCCC)OC(=O)CCCCCCCCCCCCCCCCCC. The first-order chi connectivity index (χ1) is 29.5. The lowest BCUT2D eigenvalue weighted by atomic mass is 10.0. The first-order valence-electron chi connectivity index (χ1n) is 27.0. The van der Waals surface area contributed by atoms with E-state index >= 15 is 0 Å². The zero-order valence-electron chi connectivity index (χ0n) is 40.8. The minimum Gasteiger partial charge on any atom is -0.462 e. The van der Waals surface area contributed by atoms with Gasteiger partial charge in [-0.05, 0) is 19.3 Å². The van der Waals surface area contributed by atoms with Crippen LogP contribution in [0.15, 0.2) is 0 Å². The van der Waals surface area contributed by atoms with Gasteiger partial charge in [0.05, 0.1) is 0 Å². The highest BCUT2D eigenvalue weighted by Gasteiger charge is 2.19. The fourth-order valence-corrected chi connectivity index (χ4v) is 8.27. The van der Waals surface area contributed by atoms with Crippen LogP contribution in [0.25, 0.3) is 0 Å². The Bertz CT molecular complexity index is 889. The van der Waals surface area contributed by atoms with Gasteiger partial charge in [0.15, 0.2) is 6.10 Å². The third-order valence-electron chi connectivity index (χ3n) is 12.4. The molecule has 0 bridgehead atoms. The molecule has 0 spiro atoms. The Morgan fingerprint density at radius 3 is 0.667 bits per heavy atom. The summed E-state index contributed by atoms with van der Waals surface area (Å²) in [6, 6.07) is 0. The summed E-state index contributed by atoms with van der Waals surface area (Å²) in [6.45, 7) is 6.67. The number of esters is 3. The highest BCUT2D eigenvalue weighted by molar-refractivity contribution is 5.71. The third-order valence-corrected chi connectivity index (χ3v) is 12.4. The Morgan fingerprint density at radius 1 is 0.267 bits per heavy atom. The molecule has 0 aromatic rings. The smallest absolute Gasteiger partial charge is 0.306 e. The predicted molar refractivity (Wildman–Crippen MR) is 257 cm³/mol. The Balaban J connectivity index is 4.23. The van der Waals surface area contributed by atoms with Crippen molar-refractivity contribution in [3.8, 4) is 0 Å². The van der Waals surface area contributed by atoms with Gasteiger partial charge in [-0.15, -0.1) is 0 Å². The van der Waals surface area contributed by atoms with Crippen molar-refractivity contribution in [2.45, 2.75) is 316 Å². The van der Waals surface area contributed by atoms with Crippen molar-refractivity contribution in [1.82, 2.24) is 0 Å². The van der Waals surface area contributed by atoms with E-state index in [-0.39, 0.29) is 31.1 Å². The van der Waals surface area contributed by atoms with E-state index in [2.05, 4.69) is 20.8 Å². The van der Waals surface area contributed by atoms with Crippen molar-refractivity contribution in [2.75, 3.05) is 13.2 Å². The molecule has 1 atom stereocenters. The van der Waals surface area contributed by atoms with Gasteiger partial charge >= 0.3 is 17.9 Å². The molecule has 0 fully saturated rings. The minimum absolute atomic E-state index is 0.0617. The molecular formula is C54H104O6. The van der Waals surface area contributed by atoms with E-state index in [1.54, 1.807) is 0 Å². The maximum Gasteiger partial charge on any atom is 0.306 e. The Morgan fingerprint density at radius 2 is 0.450 bits per heavy atom. The summed E-state index contributed by atoms with van der Waals surface area (Å²) < 4.78 is 16.8. The van der Waals surface area contributed by atoms with Crippen LogP contribution in [0.2, 0.25) is 0 Å². The summed E-state index contributed by atoms with van der Waals surface area (Å²) in [5.74, 6) is -0.841. The Labute approximate surface area is 374 Å². The predicted octanol–water partition coefficient (Wildman–Crippen LogP) is 17.6. The van der Waals surface area contributed by atoms with Crippen LogP contribution in [0.5, 0.6) is 0 Å². The number of rotatable bonds is 50. The second-order valence-electron chi connectivity index (χ2n) is 18.5. The molecule has 0 aromatic carbocycles. The number of ether oxygens (including phenoxy) is 3. The van der Waals surface area contributed by atoms with Crippen molar-refractivity contribution in [3.05, 3.63) is 0 Å². The van der Waals surface area contributed by atoms with Gasteiger partial charge in [0.25, 0.3) is 0 Å². The standard InChI is InChI=1S/C54H104O6/c1-4-7-10-13-16-19-21-23-25-27-29-30-32-35-38-41-44-47-53(56)59-50-51(49-58-52(55)46-43-40-37-34-18-15-12-9-6-3)60-54(57)48-45-42-39-36-33-31-28-26-24-22-20-17-14-11-8-5-2/h51H,4-50H2,1-3H3. The van der Waals surface area contributed by atoms with Gasteiger partial charge in [-0.2, -0.15) is 0 Å². The molecular weight excluding hydrogens is 745 g/mol. The molecule has 0 aliphatic rings. The number of unbranched alkanes of at least 4 members (excludes halogenated alkanes) is 39. The van der Waals surface area contributed by atoms with Gasteiger partial charge in [0, 0.05) is 19.3 Å². The fraction of sp³-hybridized carbons (Fsp3) is 0.944. The zero-order valence-corrected chi connectivity index (χ0v) is 40.8. The molecule has 0 saturated carbocycles. The molecule has 356 valence electrons. The van der Waals surface area contributed by atoms with Crippen molar-refractivity contribution in [1.29, 1.82) is 0 Å². The van der Waals surface area contributed by atoms with Gasteiger partial charge in [-0.3, -0.25) is 14.4 Å². The molecule has 60 heavy (non-hydrogen) atoms. The monoisotopic (exact) mass is 849 g/mol. The molecule has 0 aliphatic carbocycles. The van der Waals surface area contributed by atoms with Crippen LogP contribution in [0.3, 0.4) is 0 Å². The molecule has 0 radical (unpaired) electrons. The van der Waals surface area contributed by atoms with E-state index in [9.17, 15) is 14.4 Å². The van der Waals surface area contributed by atoms with Crippen molar-refractivity contribution in [3.63, 3.8) is 0 Å². The van der Waals surface area contributed by atoms with E-state index < -0.39 is 6.10 Å². The molecule has 0 heterocycles. The van der Waals surface area contributed by atoms with E-state index in [4.69, 9.17) is 14.2 Å². The van der Waals surface area contributed by atoms with Crippen molar-refractivity contribution >= 4 is 17.9 Å². The molecule has 0 amide bonds. The van der Waals surface area contributed by atoms with Crippen LogP contribution in [0.1, 0.15) is 310 Å². The highest BCUT2D eigenvalue weighted by atomic mass is 16.6. The topological polar surface area (TPSA) is 78.9 Å². The lowest BCUT2D eigenvalue weighted by Crippen LogP contribution is -2.30. The highest BCUT2D eigenvalue weighted by Crippen LogP contribution is 2.17. The lowest BCUT2D eigenvalue weighted by molar-refractivity contribution is -0.167. The number of carbonyl (C=O) groups is 3. The van der Waals surface area contributed by atoms with E-state index in [1.165, 1.54) is 212 Å². The average Bonchev–Trinajstić information content (AvgIpc) is 3.24. The molecule has 0 aliphatic heterocycles. The van der Waals surface area contributed by atoms with Crippen LogP contribution in [-0.4, -0.2) is 37.2 Å². The van der Waals surface area contributed by atoms with Gasteiger partial charge in [0.1, 0.15) is 13.2 Å². The summed E-state index contributed by atoms with van der Waals surface area (Å²) in [6.07, 6.45) is 53.8. The van der Waals surface area contributed by atoms with E-state index in [0.717, 1.165) is 57.8 Å². The lowest BCUT2D eigenvalue weighted by Gasteiger charge is -2.18. The van der Waals surface area contributed by atoms with Crippen molar-refractivity contribution < 1.29 is 28.6 Å². The third kappa shape index (κ3) is 47.5. The van der Waals surface area contributed by atoms with Gasteiger partial charge in [-0.1, -0.05) is 271 Å². The summed E-state index contributed by atoms with van der Waals surface area (Å²) in [4.78, 5) is 37.9. The van der Waals surface area contributed by atoms with Gasteiger partial charge < -0.3 is 14.2 Å². The summed E-state index contributed by atoms with van der Waals surface area (Å²) >= 11 is 0. The van der Waals surface area contributed by atoms with Gasteiger partial charge in [0.2, 0.25) is 0 Å². The average molecular weight is 849 g/mol. The van der Waals surface area contributed by atoms with E-state index in [1.807, 2.05) is 0 Å². The second kappa shape index (κ2) is 50.1. The largest absolute Gasteiger partial charge is 0.462 e. The normalized spacial score (nSPS) is 11.8. The maximum atomic E-state index is 12.8. The summed E-state index contributed by atoms with van der Waals surface area (Å²) in [5.41, 5.74) is 0. The number of carbonyl (C=O) groups excluding carboxylic acids is 3. The Hall–Kier alpha value is -1.59. The number of hydrogen-bond acceptors (Lipinski definition) is 6. The molecule has 0 aromatic heterocycles. The molecule has 6 heteroatoms. The minimum atomic E-state index is -0.759. The van der Waals surface area contributed by atoms with Crippen LogP contribution in [-0.2, 0) is 28.6 Å². The summed E-state index contributed by atoms with van der Waals surface area (Å²) in [5, 5.41) is 0. The molecule has 0 saturated heterocycles. The number of hydrogen-bond donors (Lipinski definition) is 0.